The van der Waals surface area contributed by atoms with E-state index < -0.39 is 5.97 Å². The monoisotopic (exact) mass is 540 g/mol. The van der Waals surface area contributed by atoms with E-state index in [-0.39, 0.29) is 48.7 Å². The molecule has 2 aromatic carbocycles. The smallest absolute Gasteiger partial charge is 0.336 e. The number of benzene rings is 2. The minimum atomic E-state index is -1.01. The number of nitrogens with one attached hydrogen (secondary N) is 1. The molecule has 7 nitrogen and oxygen atoms in total. The normalized spacial score (nSPS) is 13.3. The largest absolute Gasteiger partial charge is 0.478 e. The van der Waals surface area contributed by atoms with E-state index in [1.807, 2.05) is 25.1 Å². The summed E-state index contributed by atoms with van der Waals surface area (Å²) in [6, 6.07) is 14.2. The fraction of sp³-hybridized carbons (Fsp3) is 0.320. The van der Waals surface area contributed by atoms with Gasteiger partial charge in [0.25, 0.3) is 5.91 Å². The number of carboxylic acid groups (broad SMARTS) is 1. The van der Waals surface area contributed by atoms with Crippen LogP contribution in [0.5, 0.6) is 0 Å². The lowest BCUT2D eigenvalue weighted by atomic mass is 10.1. The number of hydrogen-bond donors (Lipinski definition) is 2. The lowest BCUT2D eigenvalue weighted by Crippen LogP contribution is -2.46. The van der Waals surface area contributed by atoms with Gasteiger partial charge >= 0.3 is 5.97 Å². The third-order valence-corrected chi connectivity index (χ3v) is 5.91. The number of rotatable bonds is 6. The summed E-state index contributed by atoms with van der Waals surface area (Å²) in [4.78, 5) is 34.0. The van der Waals surface area contributed by atoms with E-state index in [2.05, 4.69) is 22.0 Å². The summed E-state index contributed by atoms with van der Waals surface area (Å²) in [7, 11) is 0. The van der Waals surface area contributed by atoms with Gasteiger partial charge in [-0.25, -0.2) is 9.78 Å². The van der Waals surface area contributed by atoms with Crippen molar-refractivity contribution in [3.8, 4) is 0 Å². The van der Waals surface area contributed by atoms with E-state index in [1.54, 1.807) is 30.3 Å². The Morgan fingerprint density at radius 1 is 0.971 bits per heavy atom. The second-order valence-corrected chi connectivity index (χ2v) is 8.16. The number of aromatic nitrogens is 1. The average molecular weight is 542 g/mol. The molecule has 1 saturated heterocycles. The Bertz CT molecular complexity index is 1170. The molecule has 1 aliphatic heterocycles. The number of halogens is 3. The predicted molar refractivity (Wildman–Crippen MR) is 149 cm³/mol. The summed E-state index contributed by atoms with van der Waals surface area (Å²) in [5, 5.41) is 13.2. The number of anilines is 2. The molecule has 2 N–H and O–H groups in total. The first kappa shape index (κ1) is 30.5. The number of aromatic carboxylic acids is 1. The van der Waals surface area contributed by atoms with Crippen LogP contribution >= 0.6 is 37.2 Å². The van der Waals surface area contributed by atoms with Gasteiger partial charge in [-0.1, -0.05) is 25.1 Å². The number of pyridine rings is 1. The van der Waals surface area contributed by atoms with Crippen LogP contribution in [0.1, 0.15) is 39.6 Å². The van der Waals surface area contributed by atoms with Crippen LogP contribution in [0.3, 0.4) is 0 Å². The van der Waals surface area contributed by atoms with Crippen molar-refractivity contribution in [2.24, 2.45) is 0 Å². The quantitative estimate of drug-likeness (QED) is 0.441. The molecule has 35 heavy (non-hydrogen) atoms. The van der Waals surface area contributed by atoms with Gasteiger partial charge in [-0.3, -0.25) is 9.69 Å². The van der Waals surface area contributed by atoms with Gasteiger partial charge in [0, 0.05) is 42.8 Å². The van der Waals surface area contributed by atoms with E-state index in [0.29, 0.717) is 28.0 Å². The molecule has 1 fully saturated rings. The highest BCUT2D eigenvalue weighted by Crippen LogP contribution is 2.27. The summed E-state index contributed by atoms with van der Waals surface area (Å²) < 4.78 is 0. The third kappa shape index (κ3) is 6.98. The summed E-state index contributed by atoms with van der Waals surface area (Å²) in [6.07, 6.45) is 1.13. The number of carbonyl (C=O) groups excluding carboxylic acids is 1. The van der Waals surface area contributed by atoms with Crippen molar-refractivity contribution in [1.82, 2.24) is 9.88 Å². The van der Waals surface area contributed by atoms with E-state index in [0.717, 1.165) is 44.7 Å². The van der Waals surface area contributed by atoms with Crippen LogP contribution < -0.4 is 10.2 Å². The van der Waals surface area contributed by atoms with E-state index in [1.165, 1.54) is 0 Å². The van der Waals surface area contributed by atoms with Crippen LogP contribution in [0.25, 0.3) is 10.9 Å². The maximum Gasteiger partial charge on any atom is 0.336 e. The average Bonchev–Trinajstić information content (AvgIpc) is 2.79. The number of aryl methyl sites for hydroxylation is 1. The summed E-state index contributed by atoms with van der Waals surface area (Å²) in [5.74, 6) is -0.553. The van der Waals surface area contributed by atoms with Crippen molar-refractivity contribution >= 4 is 71.5 Å². The first-order chi connectivity index (χ1) is 15.5. The molecule has 0 unspecified atom stereocenters. The molecule has 0 atom stereocenters. The molecule has 0 spiro atoms. The molecule has 1 amide bonds. The molecule has 0 saturated carbocycles. The van der Waals surface area contributed by atoms with Gasteiger partial charge in [0.1, 0.15) is 5.82 Å². The van der Waals surface area contributed by atoms with Crippen LogP contribution in [-0.4, -0.2) is 59.6 Å². The topological polar surface area (TPSA) is 85.8 Å². The highest BCUT2D eigenvalue weighted by molar-refractivity contribution is 6.08. The third-order valence-electron chi connectivity index (χ3n) is 5.91. The summed E-state index contributed by atoms with van der Waals surface area (Å²) >= 11 is 0. The Balaban J connectivity index is 0.00000204. The van der Waals surface area contributed by atoms with Crippen molar-refractivity contribution in [3.05, 3.63) is 65.2 Å². The molecule has 1 aliphatic rings. The number of carboxylic acids is 1. The second kappa shape index (κ2) is 13.5. The zero-order valence-electron chi connectivity index (χ0n) is 19.7. The van der Waals surface area contributed by atoms with Gasteiger partial charge in [-0.15, -0.1) is 37.2 Å². The molecule has 190 valence electrons. The highest BCUT2D eigenvalue weighted by atomic mass is 35.5. The number of hydrogen-bond acceptors (Lipinski definition) is 5. The van der Waals surface area contributed by atoms with Gasteiger partial charge in [-0.05, 0) is 55.8 Å². The van der Waals surface area contributed by atoms with Crippen LogP contribution in [0.15, 0.2) is 48.5 Å². The van der Waals surface area contributed by atoms with Crippen molar-refractivity contribution < 1.29 is 14.7 Å². The van der Waals surface area contributed by atoms with Gasteiger partial charge in [0.15, 0.2) is 0 Å². The van der Waals surface area contributed by atoms with Crippen molar-refractivity contribution in [1.29, 1.82) is 0 Å². The number of piperazine rings is 1. The SMILES string of the molecule is CCCN1CCN(c2cc(C(=O)O)c3cc(NC(=O)c4ccccc4C)ccc3n2)CC1.Cl.Cl.Cl. The Hall–Kier alpha value is -2.58. The van der Waals surface area contributed by atoms with Crippen LogP contribution in [-0.2, 0) is 0 Å². The fourth-order valence-electron chi connectivity index (χ4n) is 4.17. The molecule has 0 aliphatic carbocycles. The first-order valence-electron chi connectivity index (χ1n) is 11.0. The number of fused-ring (bicyclic) bond motifs is 1. The zero-order chi connectivity index (χ0) is 22.7. The molecule has 0 bridgehead atoms. The molecule has 3 aromatic rings. The highest BCUT2D eigenvalue weighted by Gasteiger charge is 2.21. The maximum absolute atomic E-state index is 12.7. The Labute approximate surface area is 224 Å². The molecular weight excluding hydrogens is 511 g/mol. The molecule has 1 aromatic heterocycles. The minimum absolute atomic E-state index is 0. The van der Waals surface area contributed by atoms with Crippen molar-refractivity contribution in [2.45, 2.75) is 20.3 Å². The van der Waals surface area contributed by atoms with Crippen LogP contribution in [0.4, 0.5) is 11.5 Å². The Morgan fingerprint density at radius 2 is 1.66 bits per heavy atom. The van der Waals surface area contributed by atoms with Gasteiger partial charge in [0.2, 0.25) is 0 Å². The molecular formula is C25H31Cl3N4O3. The van der Waals surface area contributed by atoms with Crippen molar-refractivity contribution in [2.75, 3.05) is 42.9 Å². The van der Waals surface area contributed by atoms with Crippen molar-refractivity contribution in [3.63, 3.8) is 0 Å². The van der Waals surface area contributed by atoms with E-state index >= 15 is 0 Å². The molecule has 0 radical (unpaired) electrons. The second-order valence-electron chi connectivity index (χ2n) is 8.16. The van der Waals surface area contributed by atoms with Gasteiger partial charge in [0.05, 0.1) is 11.1 Å². The summed E-state index contributed by atoms with van der Waals surface area (Å²) in [6.45, 7) is 8.67. The van der Waals surface area contributed by atoms with Gasteiger partial charge < -0.3 is 15.3 Å². The number of nitrogens with zero attached hydrogens (tertiary/aromatic N) is 3. The Morgan fingerprint density at radius 3 is 2.29 bits per heavy atom. The minimum Gasteiger partial charge on any atom is -0.478 e. The van der Waals surface area contributed by atoms with E-state index in [9.17, 15) is 14.7 Å². The lowest BCUT2D eigenvalue weighted by Gasteiger charge is -2.35. The van der Waals surface area contributed by atoms with E-state index in [4.69, 9.17) is 4.98 Å². The summed E-state index contributed by atoms with van der Waals surface area (Å²) in [5.41, 5.74) is 2.79. The Kier molecular flexibility index (Phi) is 11.7. The standard InChI is InChI=1S/C25H28N4O3.3ClH/c1-3-10-28-11-13-29(14-12-28)23-16-21(25(31)32)20-15-18(8-9-22(20)27-23)26-24(30)19-7-5-4-6-17(19)2;;;/h4-9,15-16H,3,10-14H2,1-2H3,(H,26,30)(H,31,32);3*1H. The first-order valence-corrected chi connectivity index (χ1v) is 11.0. The van der Waals surface area contributed by atoms with Crippen LogP contribution in [0.2, 0.25) is 0 Å². The predicted octanol–water partition coefficient (Wildman–Crippen LogP) is 5.29. The van der Waals surface area contributed by atoms with Crippen LogP contribution in [0, 0.1) is 6.92 Å². The molecule has 10 heteroatoms. The fourth-order valence-corrected chi connectivity index (χ4v) is 4.17. The number of carbonyl (C=O) groups is 2. The number of amides is 1. The lowest BCUT2D eigenvalue weighted by molar-refractivity contribution is 0.0698. The maximum atomic E-state index is 12.7. The zero-order valence-corrected chi connectivity index (χ0v) is 22.1. The molecule has 2 heterocycles. The van der Waals surface area contributed by atoms with Gasteiger partial charge in [-0.2, -0.15) is 0 Å². The molecule has 4 rings (SSSR count).